The zero-order valence-corrected chi connectivity index (χ0v) is 12.6. The molecule has 1 aliphatic rings. The van der Waals surface area contributed by atoms with E-state index in [1.54, 1.807) is 7.11 Å². The van der Waals surface area contributed by atoms with E-state index in [4.69, 9.17) is 14.2 Å². The monoisotopic (exact) mass is 279 g/mol. The van der Waals surface area contributed by atoms with Gasteiger partial charge in [0.15, 0.2) is 0 Å². The van der Waals surface area contributed by atoms with Crippen LogP contribution in [0.3, 0.4) is 0 Å². The number of nitrogens with one attached hydrogen (secondary N) is 1. The summed E-state index contributed by atoms with van der Waals surface area (Å²) in [6, 6.07) is 8.38. The molecule has 0 bridgehead atoms. The van der Waals surface area contributed by atoms with Gasteiger partial charge in [0, 0.05) is 32.7 Å². The molecule has 4 nitrogen and oxygen atoms in total. The lowest BCUT2D eigenvalue weighted by atomic mass is 9.82. The lowest BCUT2D eigenvalue weighted by Crippen LogP contribution is -2.49. The van der Waals surface area contributed by atoms with Gasteiger partial charge in [-0.2, -0.15) is 0 Å². The molecule has 112 valence electrons. The second-order valence-electron chi connectivity index (χ2n) is 5.11. The van der Waals surface area contributed by atoms with Crippen LogP contribution in [0, 0.1) is 0 Å². The van der Waals surface area contributed by atoms with Crippen molar-refractivity contribution in [3.05, 3.63) is 29.8 Å². The Labute approximate surface area is 121 Å². The smallest absolute Gasteiger partial charge is 0.118 e. The SMILES string of the molecule is CCOC1(C(NC)c2ccc(OC)cc2)CCOCC1. The molecular formula is C16H25NO3. The Morgan fingerprint density at radius 1 is 1.25 bits per heavy atom. The van der Waals surface area contributed by atoms with Crippen molar-refractivity contribution in [1.82, 2.24) is 5.32 Å². The van der Waals surface area contributed by atoms with E-state index in [9.17, 15) is 0 Å². The summed E-state index contributed by atoms with van der Waals surface area (Å²) in [6.07, 6.45) is 1.83. The minimum atomic E-state index is -0.184. The van der Waals surface area contributed by atoms with Gasteiger partial charge in [0.25, 0.3) is 0 Å². The summed E-state index contributed by atoms with van der Waals surface area (Å²) < 4.78 is 16.9. The van der Waals surface area contributed by atoms with Crippen molar-refractivity contribution >= 4 is 0 Å². The minimum absolute atomic E-state index is 0.164. The van der Waals surface area contributed by atoms with Gasteiger partial charge in [-0.1, -0.05) is 12.1 Å². The van der Waals surface area contributed by atoms with Crippen LogP contribution in [0.1, 0.15) is 31.4 Å². The van der Waals surface area contributed by atoms with Crippen molar-refractivity contribution in [3.8, 4) is 5.75 Å². The average molecular weight is 279 g/mol. The molecular weight excluding hydrogens is 254 g/mol. The summed E-state index contributed by atoms with van der Waals surface area (Å²) in [5.74, 6) is 0.876. The molecule has 0 radical (unpaired) electrons. The Morgan fingerprint density at radius 3 is 2.40 bits per heavy atom. The van der Waals surface area contributed by atoms with Crippen LogP contribution in [0.4, 0.5) is 0 Å². The van der Waals surface area contributed by atoms with E-state index in [1.807, 2.05) is 19.2 Å². The number of hydrogen-bond donors (Lipinski definition) is 1. The molecule has 1 aromatic rings. The first kappa shape index (κ1) is 15.3. The zero-order chi connectivity index (χ0) is 14.4. The Bertz CT molecular complexity index is 393. The van der Waals surface area contributed by atoms with Crippen LogP contribution < -0.4 is 10.1 Å². The Morgan fingerprint density at radius 2 is 1.90 bits per heavy atom. The second kappa shape index (κ2) is 7.07. The quantitative estimate of drug-likeness (QED) is 0.868. The van der Waals surface area contributed by atoms with Crippen LogP contribution in [0.5, 0.6) is 5.75 Å². The number of benzene rings is 1. The summed E-state index contributed by atoms with van der Waals surface area (Å²) in [5, 5.41) is 3.43. The zero-order valence-electron chi connectivity index (χ0n) is 12.6. The number of methoxy groups -OCH3 is 1. The molecule has 1 aromatic carbocycles. The molecule has 0 aliphatic carbocycles. The highest BCUT2D eigenvalue weighted by Gasteiger charge is 2.41. The summed E-state index contributed by atoms with van der Waals surface area (Å²) in [6.45, 7) is 4.29. The van der Waals surface area contributed by atoms with Crippen LogP contribution in [0.15, 0.2) is 24.3 Å². The van der Waals surface area contributed by atoms with Crippen molar-refractivity contribution in [2.75, 3.05) is 34.0 Å². The third-order valence-electron chi connectivity index (χ3n) is 4.03. The number of hydrogen-bond acceptors (Lipinski definition) is 4. The topological polar surface area (TPSA) is 39.7 Å². The van der Waals surface area contributed by atoms with Gasteiger partial charge in [0.05, 0.1) is 18.8 Å². The molecule has 1 fully saturated rings. The average Bonchev–Trinajstić information content (AvgIpc) is 2.50. The molecule has 4 heteroatoms. The molecule has 1 atom stereocenters. The van der Waals surface area contributed by atoms with Crippen LogP contribution >= 0.6 is 0 Å². The molecule has 1 saturated heterocycles. The molecule has 0 saturated carbocycles. The van der Waals surface area contributed by atoms with E-state index in [0.29, 0.717) is 6.61 Å². The number of ether oxygens (including phenoxy) is 3. The summed E-state index contributed by atoms with van der Waals surface area (Å²) in [5.41, 5.74) is 1.04. The Hall–Kier alpha value is -1.10. The fourth-order valence-corrected chi connectivity index (χ4v) is 3.05. The molecule has 0 amide bonds. The maximum atomic E-state index is 6.16. The van der Waals surface area contributed by atoms with Crippen LogP contribution in [0.25, 0.3) is 0 Å². The Balaban J connectivity index is 2.26. The number of likely N-dealkylation sites (N-methyl/N-ethyl adjacent to an activating group) is 1. The van der Waals surface area contributed by atoms with E-state index < -0.39 is 0 Å². The first-order chi connectivity index (χ1) is 9.75. The number of rotatable bonds is 6. The van der Waals surface area contributed by atoms with Crippen LogP contribution in [-0.4, -0.2) is 39.6 Å². The molecule has 1 unspecified atom stereocenters. The first-order valence-electron chi connectivity index (χ1n) is 7.28. The van der Waals surface area contributed by atoms with Gasteiger partial charge in [0.1, 0.15) is 5.75 Å². The molecule has 1 N–H and O–H groups in total. The standard InChI is InChI=1S/C16H25NO3/c1-4-20-16(9-11-19-12-10-16)15(17-2)13-5-7-14(18-3)8-6-13/h5-8,15,17H,4,9-12H2,1-3H3. The fourth-order valence-electron chi connectivity index (χ4n) is 3.05. The van der Waals surface area contributed by atoms with Gasteiger partial charge in [0.2, 0.25) is 0 Å². The van der Waals surface area contributed by atoms with Crippen molar-refractivity contribution in [2.24, 2.45) is 0 Å². The second-order valence-corrected chi connectivity index (χ2v) is 5.11. The van der Waals surface area contributed by atoms with Gasteiger partial charge in [-0.05, 0) is 31.7 Å². The van der Waals surface area contributed by atoms with Crippen LogP contribution in [0.2, 0.25) is 0 Å². The summed E-state index contributed by atoms with van der Waals surface area (Å²) in [4.78, 5) is 0. The normalized spacial score (nSPS) is 19.6. The predicted molar refractivity (Wildman–Crippen MR) is 79.2 cm³/mol. The van der Waals surface area contributed by atoms with Crippen molar-refractivity contribution in [2.45, 2.75) is 31.4 Å². The van der Waals surface area contributed by atoms with Gasteiger partial charge in [-0.3, -0.25) is 0 Å². The maximum Gasteiger partial charge on any atom is 0.118 e. The first-order valence-corrected chi connectivity index (χ1v) is 7.28. The third kappa shape index (κ3) is 3.14. The van der Waals surface area contributed by atoms with E-state index >= 15 is 0 Å². The largest absolute Gasteiger partial charge is 0.497 e. The van der Waals surface area contributed by atoms with Crippen molar-refractivity contribution in [3.63, 3.8) is 0 Å². The third-order valence-corrected chi connectivity index (χ3v) is 4.03. The van der Waals surface area contributed by atoms with Crippen LogP contribution in [-0.2, 0) is 9.47 Å². The van der Waals surface area contributed by atoms with Gasteiger partial charge >= 0.3 is 0 Å². The maximum absolute atomic E-state index is 6.16. The molecule has 2 rings (SSSR count). The summed E-state index contributed by atoms with van der Waals surface area (Å²) in [7, 11) is 3.68. The van der Waals surface area contributed by atoms with E-state index in [-0.39, 0.29) is 11.6 Å². The fraction of sp³-hybridized carbons (Fsp3) is 0.625. The highest BCUT2D eigenvalue weighted by Crippen LogP contribution is 2.38. The minimum Gasteiger partial charge on any atom is -0.497 e. The lowest BCUT2D eigenvalue weighted by molar-refractivity contribution is -0.127. The molecule has 0 aromatic heterocycles. The van der Waals surface area contributed by atoms with E-state index in [0.717, 1.165) is 31.8 Å². The lowest BCUT2D eigenvalue weighted by Gasteiger charge is -2.43. The highest BCUT2D eigenvalue weighted by atomic mass is 16.5. The molecule has 0 spiro atoms. The molecule has 1 heterocycles. The van der Waals surface area contributed by atoms with Gasteiger partial charge < -0.3 is 19.5 Å². The van der Waals surface area contributed by atoms with Crippen molar-refractivity contribution in [1.29, 1.82) is 0 Å². The highest BCUT2D eigenvalue weighted by molar-refractivity contribution is 5.31. The predicted octanol–water partition coefficient (Wildman–Crippen LogP) is 2.54. The van der Waals surface area contributed by atoms with E-state index in [1.165, 1.54) is 5.56 Å². The summed E-state index contributed by atoms with van der Waals surface area (Å²) >= 11 is 0. The van der Waals surface area contributed by atoms with Crippen molar-refractivity contribution < 1.29 is 14.2 Å². The molecule has 1 aliphatic heterocycles. The van der Waals surface area contributed by atoms with E-state index in [2.05, 4.69) is 24.4 Å². The van der Waals surface area contributed by atoms with Gasteiger partial charge in [-0.15, -0.1) is 0 Å². The molecule has 20 heavy (non-hydrogen) atoms. The van der Waals surface area contributed by atoms with Gasteiger partial charge in [-0.25, -0.2) is 0 Å². The Kier molecular flexibility index (Phi) is 5.40.